The SMILES string of the molecule is CC(C)NC1(c2nccs2)CC(C)N(C)C1. The van der Waals surface area contributed by atoms with Gasteiger partial charge in [-0.05, 0) is 34.2 Å². The van der Waals surface area contributed by atoms with Crippen molar-refractivity contribution in [3.63, 3.8) is 0 Å². The van der Waals surface area contributed by atoms with E-state index in [4.69, 9.17) is 0 Å². The fourth-order valence-corrected chi connectivity index (χ4v) is 3.44. The zero-order valence-corrected chi connectivity index (χ0v) is 11.3. The first kappa shape index (κ1) is 12.0. The Morgan fingerprint density at radius 3 is 2.81 bits per heavy atom. The summed E-state index contributed by atoms with van der Waals surface area (Å²) in [5, 5.41) is 7.03. The third-order valence-electron chi connectivity index (χ3n) is 3.32. The zero-order chi connectivity index (χ0) is 11.8. The summed E-state index contributed by atoms with van der Waals surface area (Å²) >= 11 is 1.76. The molecule has 0 bridgehead atoms. The van der Waals surface area contributed by atoms with Crippen LogP contribution in [0.1, 0.15) is 32.2 Å². The van der Waals surface area contributed by atoms with Gasteiger partial charge >= 0.3 is 0 Å². The maximum atomic E-state index is 4.52. The standard InChI is InChI=1S/C12H21N3S/c1-9(2)14-12(11-13-5-6-16-11)7-10(3)15(4)8-12/h5-6,9-10,14H,7-8H2,1-4H3. The van der Waals surface area contributed by atoms with Gasteiger partial charge in [0.25, 0.3) is 0 Å². The van der Waals surface area contributed by atoms with E-state index in [-0.39, 0.29) is 5.54 Å². The van der Waals surface area contributed by atoms with Crippen molar-refractivity contribution >= 4 is 11.3 Å². The molecular formula is C12H21N3S. The van der Waals surface area contributed by atoms with Gasteiger partial charge < -0.3 is 10.2 Å². The molecule has 0 saturated carbocycles. The second-order valence-corrected chi connectivity index (χ2v) is 6.08. The summed E-state index contributed by atoms with van der Waals surface area (Å²) in [7, 11) is 2.20. The molecule has 1 aromatic rings. The van der Waals surface area contributed by atoms with Crippen LogP contribution in [-0.2, 0) is 5.54 Å². The molecule has 1 aliphatic heterocycles. The average molecular weight is 239 g/mol. The lowest BCUT2D eigenvalue weighted by Gasteiger charge is -2.30. The van der Waals surface area contributed by atoms with Crippen molar-refractivity contribution in [1.29, 1.82) is 0 Å². The predicted molar refractivity (Wildman–Crippen MR) is 68.8 cm³/mol. The Hall–Kier alpha value is -0.450. The number of rotatable bonds is 3. The van der Waals surface area contributed by atoms with E-state index in [1.807, 2.05) is 6.20 Å². The molecule has 1 saturated heterocycles. The molecule has 16 heavy (non-hydrogen) atoms. The fourth-order valence-electron chi connectivity index (χ4n) is 2.64. The Morgan fingerprint density at radius 1 is 1.62 bits per heavy atom. The minimum absolute atomic E-state index is 0.0660. The third kappa shape index (κ3) is 2.14. The monoisotopic (exact) mass is 239 g/mol. The summed E-state index contributed by atoms with van der Waals surface area (Å²) in [5.41, 5.74) is 0.0660. The minimum Gasteiger partial charge on any atom is -0.302 e. The molecule has 0 amide bonds. The van der Waals surface area contributed by atoms with Crippen LogP contribution in [0.25, 0.3) is 0 Å². The van der Waals surface area contributed by atoms with Gasteiger partial charge in [-0.15, -0.1) is 11.3 Å². The van der Waals surface area contributed by atoms with E-state index in [1.165, 1.54) is 5.01 Å². The van der Waals surface area contributed by atoms with Gasteiger partial charge in [0, 0.05) is 30.2 Å². The molecule has 1 N–H and O–H groups in total. The van der Waals surface area contributed by atoms with Crippen molar-refractivity contribution in [3.8, 4) is 0 Å². The molecule has 2 heterocycles. The van der Waals surface area contributed by atoms with E-state index < -0.39 is 0 Å². The number of nitrogens with zero attached hydrogens (tertiary/aromatic N) is 2. The summed E-state index contributed by atoms with van der Waals surface area (Å²) in [4.78, 5) is 6.94. The molecule has 0 radical (unpaired) electrons. The van der Waals surface area contributed by atoms with Gasteiger partial charge in [0.05, 0.1) is 5.54 Å². The van der Waals surface area contributed by atoms with Crippen LogP contribution in [-0.4, -0.2) is 35.6 Å². The molecule has 2 atom stereocenters. The van der Waals surface area contributed by atoms with Gasteiger partial charge in [0.15, 0.2) is 0 Å². The highest BCUT2D eigenvalue weighted by molar-refractivity contribution is 7.09. The van der Waals surface area contributed by atoms with Gasteiger partial charge in [0.1, 0.15) is 5.01 Å². The first-order valence-corrected chi connectivity index (χ1v) is 6.79. The predicted octanol–water partition coefficient (Wildman–Crippen LogP) is 2.06. The maximum absolute atomic E-state index is 4.52. The normalized spacial score (nSPS) is 31.4. The average Bonchev–Trinajstić information content (AvgIpc) is 2.75. The lowest BCUT2D eigenvalue weighted by atomic mass is 9.96. The van der Waals surface area contributed by atoms with E-state index in [2.05, 4.69) is 48.4 Å². The van der Waals surface area contributed by atoms with Crippen molar-refractivity contribution in [2.24, 2.45) is 0 Å². The number of likely N-dealkylation sites (tertiary alicyclic amines) is 1. The van der Waals surface area contributed by atoms with E-state index >= 15 is 0 Å². The lowest BCUT2D eigenvalue weighted by Crippen LogP contribution is -2.47. The topological polar surface area (TPSA) is 28.2 Å². The van der Waals surface area contributed by atoms with Crippen LogP contribution in [0, 0.1) is 0 Å². The molecule has 3 nitrogen and oxygen atoms in total. The Morgan fingerprint density at radius 2 is 2.38 bits per heavy atom. The van der Waals surface area contributed by atoms with Gasteiger partial charge in [-0.1, -0.05) is 0 Å². The van der Waals surface area contributed by atoms with Crippen LogP contribution < -0.4 is 5.32 Å². The fraction of sp³-hybridized carbons (Fsp3) is 0.750. The Balaban J connectivity index is 2.28. The first-order valence-electron chi connectivity index (χ1n) is 5.91. The van der Waals surface area contributed by atoms with Crippen LogP contribution in [0.15, 0.2) is 11.6 Å². The van der Waals surface area contributed by atoms with E-state index in [9.17, 15) is 0 Å². The van der Waals surface area contributed by atoms with E-state index in [1.54, 1.807) is 11.3 Å². The molecule has 2 rings (SSSR count). The van der Waals surface area contributed by atoms with E-state index in [0.29, 0.717) is 12.1 Å². The minimum atomic E-state index is 0.0660. The van der Waals surface area contributed by atoms with Crippen molar-refractivity contribution in [2.45, 2.75) is 44.8 Å². The molecular weight excluding hydrogens is 218 g/mol. The second-order valence-electron chi connectivity index (χ2n) is 5.19. The van der Waals surface area contributed by atoms with Crippen LogP contribution in [0.5, 0.6) is 0 Å². The number of aromatic nitrogens is 1. The van der Waals surface area contributed by atoms with E-state index in [0.717, 1.165) is 13.0 Å². The van der Waals surface area contributed by atoms with Crippen LogP contribution >= 0.6 is 11.3 Å². The maximum Gasteiger partial charge on any atom is 0.114 e. The highest BCUT2D eigenvalue weighted by atomic mass is 32.1. The Kier molecular flexibility index (Phi) is 3.33. The van der Waals surface area contributed by atoms with Gasteiger partial charge in [-0.25, -0.2) is 4.98 Å². The third-order valence-corrected chi connectivity index (χ3v) is 4.30. The Labute approximate surface area is 102 Å². The summed E-state index contributed by atoms with van der Waals surface area (Å²) in [6.45, 7) is 7.76. The molecule has 4 heteroatoms. The van der Waals surface area contributed by atoms with Gasteiger partial charge in [-0.3, -0.25) is 0 Å². The molecule has 0 spiro atoms. The smallest absolute Gasteiger partial charge is 0.114 e. The molecule has 90 valence electrons. The molecule has 0 aromatic carbocycles. The van der Waals surface area contributed by atoms with Gasteiger partial charge in [0.2, 0.25) is 0 Å². The van der Waals surface area contributed by atoms with Crippen molar-refractivity contribution in [2.75, 3.05) is 13.6 Å². The largest absolute Gasteiger partial charge is 0.302 e. The second kappa shape index (κ2) is 4.43. The molecule has 0 aliphatic carbocycles. The number of nitrogens with one attached hydrogen (secondary N) is 1. The van der Waals surface area contributed by atoms with Crippen LogP contribution in [0.3, 0.4) is 0 Å². The molecule has 1 fully saturated rings. The Bertz CT molecular complexity index is 319. The van der Waals surface area contributed by atoms with Gasteiger partial charge in [-0.2, -0.15) is 0 Å². The first-order chi connectivity index (χ1) is 7.53. The molecule has 1 aliphatic rings. The summed E-state index contributed by atoms with van der Waals surface area (Å²) in [6, 6.07) is 1.11. The van der Waals surface area contributed by atoms with Crippen molar-refractivity contribution < 1.29 is 0 Å². The summed E-state index contributed by atoms with van der Waals surface area (Å²) in [5.74, 6) is 0. The highest BCUT2D eigenvalue weighted by Crippen LogP contribution is 2.36. The quantitative estimate of drug-likeness (QED) is 0.875. The van der Waals surface area contributed by atoms with Crippen LogP contribution in [0.2, 0.25) is 0 Å². The zero-order valence-electron chi connectivity index (χ0n) is 10.5. The number of thiazole rings is 1. The lowest BCUT2D eigenvalue weighted by molar-refractivity contribution is 0.286. The van der Waals surface area contributed by atoms with Crippen molar-refractivity contribution in [1.82, 2.24) is 15.2 Å². The number of hydrogen-bond donors (Lipinski definition) is 1. The molecule has 2 unspecified atom stereocenters. The molecule has 1 aromatic heterocycles. The van der Waals surface area contributed by atoms with Crippen LogP contribution in [0.4, 0.5) is 0 Å². The summed E-state index contributed by atoms with van der Waals surface area (Å²) in [6.07, 6.45) is 3.06. The summed E-state index contributed by atoms with van der Waals surface area (Å²) < 4.78 is 0. The highest BCUT2D eigenvalue weighted by Gasteiger charge is 2.44. The number of hydrogen-bond acceptors (Lipinski definition) is 4. The van der Waals surface area contributed by atoms with Crippen molar-refractivity contribution in [3.05, 3.63) is 16.6 Å². The number of likely N-dealkylation sites (N-methyl/N-ethyl adjacent to an activating group) is 1.